The Morgan fingerprint density at radius 2 is 0.930 bits per heavy atom. The van der Waals surface area contributed by atoms with Crippen molar-refractivity contribution >= 4 is 43.4 Å². The number of aromatic nitrogens is 2. The van der Waals surface area contributed by atoms with Crippen molar-refractivity contribution < 1.29 is 10.6 Å². The van der Waals surface area contributed by atoms with Crippen LogP contribution in [-0.2, 0) is 31.6 Å². The first-order valence-corrected chi connectivity index (χ1v) is 16.3. The molecule has 215 valence electrons. The van der Waals surface area contributed by atoms with Crippen molar-refractivity contribution in [2.24, 2.45) is 20.0 Å². The van der Waals surface area contributed by atoms with Gasteiger partial charge in [-0.2, -0.15) is 0 Å². The Morgan fingerprint density at radius 3 is 1.53 bits per heavy atom. The predicted octanol–water partition coefficient (Wildman–Crippen LogP) is 4.61. The fourth-order valence-corrected chi connectivity index (χ4v) is 10.2. The smallest absolute Gasteiger partial charge is 0.212 e. The molecule has 9 heteroatoms. The Balaban J connectivity index is 0.000000901. The van der Waals surface area contributed by atoms with Gasteiger partial charge in [-0.05, 0) is 103 Å². The molecule has 0 aromatic carbocycles. The molecule has 43 heavy (non-hydrogen) atoms. The summed E-state index contributed by atoms with van der Waals surface area (Å²) < 4.78 is 10.3. The third-order valence-corrected chi connectivity index (χ3v) is 11.8. The largest absolute Gasteiger partial charge is 0.402 e. The van der Waals surface area contributed by atoms with Crippen molar-refractivity contribution in [2.45, 2.75) is 116 Å². The Hall–Kier alpha value is -3.62. The summed E-state index contributed by atoms with van der Waals surface area (Å²) in [7, 11) is 0. The molecule has 3 radical (unpaired) electrons. The van der Waals surface area contributed by atoms with E-state index < -0.39 is 5.91 Å². The van der Waals surface area contributed by atoms with Crippen LogP contribution in [0.2, 0.25) is 0 Å². The number of rotatable bonds is 0. The minimum atomic E-state index is -0.652. The number of hydrogen-bond donors (Lipinski definition) is 0. The van der Waals surface area contributed by atoms with E-state index in [4.69, 9.17) is 20.0 Å². The zero-order valence-corrected chi connectivity index (χ0v) is 24.0. The van der Waals surface area contributed by atoms with Crippen LogP contribution in [0, 0.1) is 0 Å². The number of hydrogen-bond acceptors (Lipinski definition) is 4. The van der Waals surface area contributed by atoms with Gasteiger partial charge in [-0.1, -0.05) is 22.4 Å². The van der Waals surface area contributed by atoms with Gasteiger partial charge in [-0.3, -0.25) is 0 Å². The maximum atomic E-state index is 5.64. The number of amidine groups is 4. The molecular weight excluding hydrogens is 531 g/mol. The summed E-state index contributed by atoms with van der Waals surface area (Å²) in [4.78, 5) is 22.6. The monoisotopic (exact) mass is 570 g/mol. The normalized spacial score (nSPS) is 27.4. The average molecular weight is 571 g/mol. The Labute approximate surface area is 254 Å². The Morgan fingerprint density at radius 1 is 0.488 bits per heavy atom. The van der Waals surface area contributed by atoms with Gasteiger partial charge in [0.25, 0.3) is 23.3 Å². The van der Waals surface area contributed by atoms with E-state index in [2.05, 4.69) is 18.3 Å². The summed E-state index contributed by atoms with van der Waals surface area (Å²) in [5, 5.41) is 0. The van der Waals surface area contributed by atoms with Crippen LogP contribution in [0.4, 0.5) is 11.6 Å². The molecule has 8 nitrogen and oxygen atoms in total. The number of aliphatic imine (C=N–C) groups is 2. The van der Waals surface area contributed by atoms with E-state index in [1.54, 1.807) is 0 Å². The van der Waals surface area contributed by atoms with Crippen LogP contribution < -0.4 is 11.0 Å². The van der Waals surface area contributed by atoms with E-state index in [0.717, 1.165) is 51.4 Å². The standard InChI is InChI=1S/C33H32N8.CH4.B.H2/c1-2-10-18-17(9-1)25-34-27-19-11-3-4-12-20(19)29-36-31-23-15-7-8-16-24(23)32-37-30-22-14-6-5-13-21(22)28-35-26(18)38(25)33(39(27)29,40(28)30)41(31)32;;;/h1-16H2;1H4;;1H/q+2;;;/i;;;1+1. The Kier molecular flexibility index (Phi) is 4.56. The van der Waals surface area contributed by atoms with Crippen molar-refractivity contribution in [2.75, 3.05) is 0 Å². The fraction of sp³-hybridized carbons (Fsp3) is 0.529. The molecule has 2 aromatic rings. The summed E-state index contributed by atoms with van der Waals surface area (Å²) in [6.07, 6.45) is 18.7. The van der Waals surface area contributed by atoms with Gasteiger partial charge < -0.3 is 0 Å². The lowest BCUT2D eigenvalue weighted by Gasteiger charge is -2.42. The van der Waals surface area contributed by atoms with Crippen molar-refractivity contribution in [1.82, 2.24) is 9.13 Å². The van der Waals surface area contributed by atoms with Gasteiger partial charge in [0.2, 0.25) is 11.3 Å². The molecule has 10 aliphatic rings. The minimum absolute atomic E-state index is 0. The number of fused-ring (bicyclic) bond motifs is 10. The van der Waals surface area contributed by atoms with Crippen LogP contribution >= 0.6 is 0 Å². The predicted molar refractivity (Wildman–Crippen MR) is 168 cm³/mol. The Bertz CT molecular complexity index is 2110. The van der Waals surface area contributed by atoms with Crippen LogP contribution in [0.15, 0.2) is 42.3 Å². The quantitative estimate of drug-likeness (QED) is 0.328. The topological polar surface area (TPSA) is 65.3 Å². The second kappa shape index (κ2) is 7.90. The molecule has 6 aliphatic heterocycles. The molecule has 4 aliphatic carbocycles. The van der Waals surface area contributed by atoms with Gasteiger partial charge in [0.1, 0.15) is 11.3 Å². The van der Waals surface area contributed by atoms with Crippen molar-refractivity contribution in [3.05, 3.63) is 55.5 Å². The van der Waals surface area contributed by atoms with Gasteiger partial charge >= 0.3 is 5.91 Å². The molecule has 8 heterocycles. The summed E-state index contributed by atoms with van der Waals surface area (Å²) in [6, 6.07) is 0. The van der Waals surface area contributed by atoms with Gasteiger partial charge in [0, 0.05) is 54.4 Å². The van der Waals surface area contributed by atoms with E-state index in [1.165, 1.54) is 142 Å². The lowest BCUT2D eigenvalue weighted by atomic mass is 9.91. The van der Waals surface area contributed by atoms with Crippen molar-refractivity contribution in [3.63, 3.8) is 0 Å². The molecule has 0 amide bonds. The molecular formula is C34H38BN8+2. The zero-order chi connectivity index (χ0) is 26.2. The second-order valence-corrected chi connectivity index (χ2v) is 13.6. The van der Waals surface area contributed by atoms with Gasteiger partial charge in [-0.25, -0.2) is 14.1 Å². The molecule has 0 N–H and O–H groups in total. The molecule has 0 saturated carbocycles. The molecule has 1 unspecified atom stereocenters. The molecule has 12 rings (SSSR count). The zero-order valence-electron chi connectivity index (χ0n) is 24.0. The van der Waals surface area contributed by atoms with E-state index in [0.29, 0.717) is 0 Å². The maximum Gasteiger partial charge on any atom is 0.402 e. The summed E-state index contributed by atoms with van der Waals surface area (Å²) >= 11 is 0. The van der Waals surface area contributed by atoms with E-state index in [-0.39, 0.29) is 17.3 Å². The highest BCUT2D eigenvalue weighted by Crippen LogP contribution is 2.53. The molecule has 0 bridgehead atoms. The lowest BCUT2D eigenvalue weighted by molar-refractivity contribution is -0.792. The minimum Gasteiger partial charge on any atom is -0.212 e. The molecule has 0 saturated heterocycles. The summed E-state index contributed by atoms with van der Waals surface area (Å²) in [5.41, 5.74) is 14.0. The van der Waals surface area contributed by atoms with Crippen molar-refractivity contribution in [1.29, 1.82) is 0 Å². The molecule has 1 spiro atoms. The van der Waals surface area contributed by atoms with Crippen LogP contribution in [0.25, 0.3) is 0 Å². The molecule has 2 aromatic heterocycles. The van der Waals surface area contributed by atoms with Gasteiger partial charge in [0.05, 0.1) is 0 Å². The molecule has 0 fully saturated rings. The highest BCUT2D eigenvalue weighted by Gasteiger charge is 2.69. The van der Waals surface area contributed by atoms with Crippen LogP contribution in [-0.4, -0.2) is 50.0 Å². The van der Waals surface area contributed by atoms with Crippen molar-refractivity contribution in [3.8, 4) is 0 Å². The van der Waals surface area contributed by atoms with Gasteiger partial charge in [0.15, 0.2) is 0 Å². The first kappa shape index (κ1) is 24.8. The lowest BCUT2D eigenvalue weighted by Crippen LogP contribution is -2.72. The average Bonchev–Trinajstić information content (AvgIpc) is 3.74. The van der Waals surface area contributed by atoms with E-state index >= 15 is 0 Å². The number of nitrogens with zero attached hydrogens (tertiary/aromatic N) is 8. The third kappa shape index (κ3) is 2.44. The fourth-order valence-electron chi connectivity index (χ4n) is 10.2. The first-order valence-electron chi connectivity index (χ1n) is 16.3. The van der Waals surface area contributed by atoms with Crippen LogP contribution in [0.1, 0.15) is 108 Å². The molecule has 1 atom stereocenters. The SMILES string of the molecule is C.C1CCC2=C(C1)C1=Nc3c4c(c5n3C36n7c(c8c(c7=N5)CCCC8)=NC5=[N+]3C(=NC2=[N+]16)C1=C5CCCC1)CCCC4.[2HH].[B]. The highest BCUT2D eigenvalue weighted by atomic mass is 15.7. The van der Waals surface area contributed by atoms with Crippen LogP contribution in [0.3, 0.4) is 0 Å². The van der Waals surface area contributed by atoms with E-state index in [1.807, 2.05) is 0 Å². The third-order valence-electron chi connectivity index (χ3n) is 11.8. The first-order chi connectivity index (χ1) is 20.4. The van der Waals surface area contributed by atoms with Gasteiger partial charge in [-0.15, -0.1) is 9.15 Å². The summed E-state index contributed by atoms with van der Waals surface area (Å²) in [5.74, 6) is 6.34. The summed E-state index contributed by atoms with van der Waals surface area (Å²) in [6.45, 7) is 0. The second-order valence-electron chi connectivity index (χ2n) is 13.6. The van der Waals surface area contributed by atoms with Crippen LogP contribution in [0.5, 0.6) is 0 Å². The van der Waals surface area contributed by atoms with E-state index in [9.17, 15) is 0 Å². The highest BCUT2D eigenvalue weighted by molar-refractivity contribution is 6.21. The maximum absolute atomic E-state index is 5.64.